The van der Waals surface area contributed by atoms with Crippen molar-refractivity contribution in [2.75, 3.05) is 26.2 Å². The number of fused-ring (bicyclic) bond motifs is 1. The lowest BCUT2D eigenvalue weighted by Gasteiger charge is -2.31. The Morgan fingerprint density at radius 3 is 2.74 bits per heavy atom. The molecule has 0 aliphatic carbocycles. The van der Waals surface area contributed by atoms with E-state index < -0.39 is 5.63 Å². The maximum atomic E-state index is 12.2. The van der Waals surface area contributed by atoms with Crippen molar-refractivity contribution < 1.29 is 13.9 Å². The standard InChI is InChI=1S/C17H20N2O4/c18-10-12-5-7-19(8-6-12)16(20)11-22-14-3-1-13-2-4-17(21)23-15(13)9-14/h1-4,9,12H,5-8,10-11,18H2. The van der Waals surface area contributed by atoms with Crippen LogP contribution in [0.15, 0.2) is 39.5 Å². The normalized spacial score (nSPS) is 15.8. The topological polar surface area (TPSA) is 85.8 Å². The number of amides is 1. The van der Waals surface area contributed by atoms with Crippen molar-refractivity contribution >= 4 is 16.9 Å². The quantitative estimate of drug-likeness (QED) is 0.861. The summed E-state index contributed by atoms with van der Waals surface area (Å²) in [7, 11) is 0. The molecule has 0 radical (unpaired) electrons. The largest absolute Gasteiger partial charge is 0.484 e. The van der Waals surface area contributed by atoms with Gasteiger partial charge in [0.05, 0.1) is 0 Å². The molecule has 23 heavy (non-hydrogen) atoms. The van der Waals surface area contributed by atoms with Gasteiger partial charge in [0.1, 0.15) is 11.3 Å². The van der Waals surface area contributed by atoms with Crippen molar-refractivity contribution in [2.24, 2.45) is 11.7 Å². The summed E-state index contributed by atoms with van der Waals surface area (Å²) in [4.78, 5) is 25.2. The summed E-state index contributed by atoms with van der Waals surface area (Å²) in [5.41, 5.74) is 5.70. The molecule has 6 heteroatoms. The SMILES string of the molecule is NCC1CCN(C(=O)COc2ccc3ccc(=O)oc3c2)CC1. The lowest BCUT2D eigenvalue weighted by atomic mass is 9.97. The second-order valence-electron chi connectivity index (χ2n) is 5.80. The summed E-state index contributed by atoms with van der Waals surface area (Å²) in [5, 5.41) is 0.812. The first-order valence-electron chi connectivity index (χ1n) is 7.80. The van der Waals surface area contributed by atoms with Gasteiger partial charge in [0.15, 0.2) is 6.61 Å². The number of benzene rings is 1. The predicted molar refractivity (Wildman–Crippen MR) is 86.3 cm³/mol. The zero-order chi connectivity index (χ0) is 16.2. The summed E-state index contributed by atoms with van der Waals surface area (Å²) < 4.78 is 10.7. The maximum Gasteiger partial charge on any atom is 0.336 e. The van der Waals surface area contributed by atoms with Crippen LogP contribution in [0.5, 0.6) is 5.75 Å². The number of hydrogen-bond donors (Lipinski definition) is 1. The fourth-order valence-corrected chi connectivity index (χ4v) is 2.79. The number of piperidine rings is 1. The molecule has 1 saturated heterocycles. The van der Waals surface area contributed by atoms with Crippen molar-refractivity contribution in [2.45, 2.75) is 12.8 Å². The van der Waals surface area contributed by atoms with Gasteiger partial charge in [-0.2, -0.15) is 0 Å². The van der Waals surface area contributed by atoms with Crippen LogP contribution in [0.1, 0.15) is 12.8 Å². The molecule has 2 aromatic rings. The van der Waals surface area contributed by atoms with Crippen LogP contribution in [-0.2, 0) is 4.79 Å². The summed E-state index contributed by atoms with van der Waals surface area (Å²) in [6, 6.07) is 8.25. The molecule has 1 fully saturated rings. The van der Waals surface area contributed by atoms with E-state index in [-0.39, 0.29) is 12.5 Å². The molecule has 1 aromatic heterocycles. The lowest BCUT2D eigenvalue weighted by Crippen LogP contribution is -2.42. The number of nitrogens with two attached hydrogens (primary N) is 1. The first kappa shape index (κ1) is 15.6. The Bertz CT molecular complexity index is 748. The van der Waals surface area contributed by atoms with Gasteiger partial charge in [-0.3, -0.25) is 4.79 Å². The van der Waals surface area contributed by atoms with E-state index in [1.54, 1.807) is 24.3 Å². The molecule has 6 nitrogen and oxygen atoms in total. The number of hydrogen-bond acceptors (Lipinski definition) is 5. The highest BCUT2D eigenvalue weighted by atomic mass is 16.5. The minimum Gasteiger partial charge on any atom is -0.484 e. The maximum absolute atomic E-state index is 12.2. The smallest absolute Gasteiger partial charge is 0.336 e. The second-order valence-corrected chi connectivity index (χ2v) is 5.80. The van der Waals surface area contributed by atoms with Gasteiger partial charge in [-0.15, -0.1) is 0 Å². The highest BCUT2D eigenvalue weighted by molar-refractivity contribution is 5.79. The monoisotopic (exact) mass is 316 g/mol. The minimum absolute atomic E-state index is 0.0180. The molecule has 0 unspecified atom stereocenters. The number of carbonyl (C=O) groups is 1. The van der Waals surface area contributed by atoms with Crippen LogP contribution in [0, 0.1) is 5.92 Å². The van der Waals surface area contributed by atoms with Gasteiger partial charge in [0.25, 0.3) is 5.91 Å². The zero-order valence-electron chi connectivity index (χ0n) is 12.9. The van der Waals surface area contributed by atoms with E-state index in [0.29, 0.717) is 23.8 Å². The number of likely N-dealkylation sites (tertiary alicyclic amines) is 1. The third-order valence-electron chi connectivity index (χ3n) is 4.26. The second kappa shape index (κ2) is 6.83. The van der Waals surface area contributed by atoms with E-state index in [1.807, 2.05) is 4.90 Å². The van der Waals surface area contributed by atoms with Crippen LogP contribution < -0.4 is 16.1 Å². The Morgan fingerprint density at radius 2 is 2.00 bits per heavy atom. The van der Waals surface area contributed by atoms with Crippen LogP contribution >= 0.6 is 0 Å². The van der Waals surface area contributed by atoms with Crippen LogP contribution in [0.25, 0.3) is 11.0 Å². The van der Waals surface area contributed by atoms with Gasteiger partial charge in [-0.25, -0.2) is 4.79 Å². The van der Waals surface area contributed by atoms with Crippen molar-refractivity contribution in [3.8, 4) is 5.75 Å². The lowest BCUT2D eigenvalue weighted by molar-refractivity contribution is -0.134. The number of nitrogens with zero attached hydrogens (tertiary/aromatic N) is 1. The van der Waals surface area contributed by atoms with Crippen molar-refractivity contribution in [1.82, 2.24) is 4.90 Å². The van der Waals surface area contributed by atoms with Gasteiger partial charge in [0, 0.05) is 30.6 Å². The molecule has 0 atom stereocenters. The van der Waals surface area contributed by atoms with Gasteiger partial charge in [-0.1, -0.05) is 0 Å². The Kier molecular flexibility index (Phi) is 4.62. The van der Waals surface area contributed by atoms with Gasteiger partial charge in [0.2, 0.25) is 0 Å². The first-order valence-corrected chi connectivity index (χ1v) is 7.80. The number of ether oxygens (including phenoxy) is 1. The number of rotatable bonds is 4. The van der Waals surface area contributed by atoms with E-state index in [9.17, 15) is 9.59 Å². The van der Waals surface area contributed by atoms with E-state index in [1.165, 1.54) is 6.07 Å². The fraction of sp³-hybridized carbons (Fsp3) is 0.412. The highest BCUT2D eigenvalue weighted by Gasteiger charge is 2.22. The Morgan fingerprint density at radius 1 is 1.26 bits per heavy atom. The molecular weight excluding hydrogens is 296 g/mol. The minimum atomic E-state index is -0.409. The molecule has 1 aromatic carbocycles. The average molecular weight is 316 g/mol. The molecule has 2 N–H and O–H groups in total. The Labute approximate surface area is 133 Å². The molecular formula is C17H20N2O4. The summed E-state index contributed by atoms with van der Waals surface area (Å²) in [5.74, 6) is 0.996. The fourth-order valence-electron chi connectivity index (χ4n) is 2.79. The average Bonchev–Trinajstić information content (AvgIpc) is 2.59. The van der Waals surface area contributed by atoms with E-state index in [2.05, 4.69) is 0 Å². The summed E-state index contributed by atoms with van der Waals surface area (Å²) in [6.07, 6.45) is 1.90. The molecule has 0 saturated carbocycles. The van der Waals surface area contributed by atoms with Crippen molar-refractivity contribution in [1.29, 1.82) is 0 Å². The summed E-state index contributed by atoms with van der Waals surface area (Å²) in [6.45, 7) is 2.13. The van der Waals surface area contributed by atoms with Gasteiger partial charge in [-0.05, 0) is 43.5 Å². The summed E-state index contributed by atoms with van der Waals surface area (Å²) >= 11 is 0. The predicted octanol–water partition coefficient (Wildman–Crippen LogP) is 1.37. The third-order valence-corrected chi connectivity index (χ3v) is 4.26. The highest BCUT2D eigenvalue weighted by Crippen LogP contribution is 2.20. The van der Waals surface area contributed by atoms with E-state index in [0.717, 1.165) is 31.3 Å². The number of carbonyl (C=O) groups excluding carboxylic acids is 1. The Balaban J connectivity index is 1.59. The van der Waals surface area contributed by atoms with Gasteiger partial charge >= 0.3 is 5.63 Å². The molecule has 1 amide bonds. The molecule has 0 bridgehead atoms. The Hall–Kier alpha value is -2.34. The van der Waals surface area contributed by atoms with Crippen LogP contribution in [0.3, 0.4) is 0 Å². The van der Waals surface area contributed by atoms with Crippen LogP contribution in [-0.4, -0.2) is 37.0 Å². The van der Waals surface area contributed by atoms with Gasteiger partial charge < -0.3 is 19.8 Å². The van der Waals surface area contributed by atoms with Crippen molar-refractivity contribution in [3.63, 3.8) is 0 Å². The van der Waals surface area contributed by atoms with E-state index >= 15 is 0 Å². The molecule has 0 spiro atoms. The first-order chi connectivity index (χ1) is 11.2. The zero-order valence-corrected chi connectivity index (χ0v) is 12.9. The third kappa shape index (κ3) is 3.71. The molecule has 1 aliphatic rings. The molecule has 122 valence electrons. The van der Waals surface area contributed by atoms with Crippen LogP contribution in [0.4, 0.5) is 0 Å². The van der Waals surface area contributed by atoms with Crippen molar-refractivity contribution in [3.05, 3.63) is 40.8 Å². The van der Waals surface area contributed by atoms with Crippen LogP contribution in [0.2, 0.25) is 0 Å². The van der Waals surface area contributed by atoms with E-state index in [4.69, 9.17) is 14.9 Å². The molecule has 1 aliphatic heterocycles. The molecule has 2 heterocycles. The molecule has 3 rings (SSSR count).